The summed E-state index contributed by atoms with van der Waals surface area (Å²) in [6, 6.07) is 0.0587. The largest absolute Gasteiger partial charge is 0.411 e. The van der Waals surface area contributed by atoms with Crippen molar-refractivity contribution >= 4 is 34.2 Å². The maximum absolute atomic E-state index is 13.8. The second kappa shape index (κ2) is 16.0. The lowest BCUT2D eigenvalue weighted by atomic mass is 10.00. The first kappa shape index (κ1) is 35.5. The molecule has 0 aliphatic heterocycles. The second-order valence-electron chi connectivity index (χ2n) is 10.4. The first-order chi connectivity index (χ1) is 18.5. The summed E-state index contributed by atoms with van der Waals surface area (Å²) >= 11 is 0.0132. The molecule has 0 atom stereocenters. The molecular formula is C26H40F4N6O3S. The molecule has 5 N–H and O–H groups in total. The Morgan fingerprint density at radius 2 is 1.43 bits per heavy atom. The molecule has 0 saturated heterocycles. The van der Waals surface area contributed by atoms with Crippen molar-refractivity contribution in [2.24, 2.45) is 5.16 Å². The van der Waals surface area contributed by atoms with Gasteiger partial charge in [0, 0.05) is 63.9 Å². The Morgan fingerprint density at radius 1 is 0.925 bits per heavy atom. The van der Waals surface area contributed by atoms with E-state index in [0.717, 1.165) is 0 Å². The summed E-state index contributed by atoms with van der Waals surface area (Å²) in [5.74, 6) is -7.01. The predicted octanol–water partition coefficient (Wildman–Crippen LogP) is 3.69. The van der Waals surface area contributed by atoms with Gasteiger partial charge in [-0.1, -0.05) is 5.16 Å². The van der Waals surface area contributed by atoms with Crippen molar-refractivity contribution < 1.29 is 32.4 Å². The minimum absolute atomic E-state index is 0.0132. The van der Waals surface area contributed by atoms with Crippen molar-refractivity contribution in [1.82, 2.24) is 20.9 Å². The average molecular weight is 593 g/mol. The van der Waals surface area contributed by atoms with E-state index in [1.54, 1.807) is 13.8 Å². The average Bonchev–Trinajstić information content (AvgIpc) is 2.87. The predicted molar refractivity (Wildman–Crippen MR) is 148 cm³/mol. The van der Waals surface area contributed by atoms with Gasteiger partial charge in [-0.3, -0.25) is 14.5 Å². The molecule has 0 radical (unpaired) electrons. The minimum Gasteiger partial charge on any atom is -0.411 e. The molecule has 14 heteroatoms. The standard InChI is InChI=1S/C26H40F4N6O3S/c1-16(31)25(3,4)33-10-13-36(14-11-34-26(5,6)17(2)35-39)12-9-32-20(37)7-8-21(38)40-24-22(29)18(27)15-19(28)23(24)30/h15,31,33-34,39H,7-14H2,1-6H3,(H,32,37)/b31-16?,35-17-. The van der Waals surface area contributed by atoms with Crippen LogP contribution in [0.4, 0.5) is 17.6 Å². The second-order valence-corrected chi connectivity index (χ2v) is 11.4. The van der Waals surface area contributed by atoms with Crippen LogP contribution in [0.15, 0.2) is 16.1 Å². The highest BCUT2D eigenvalue weighted by Gasteiger charge is 2.24. The third-order valence-corrected chi connectivity index (χ3v) is 7.57. The molecule has 226 valence electrons. The molecule has 0 spiro atoms. The molecular weight excluding hydrogens is 552 g/mol. The molecule has 0 bridgehead atoms. The van der Waals surface area contributed by atoms with Gasteiger partial charge in [0.05, 0.1) is 21.7 Å². The first-order valence-electron chi connectivity index (χ1n) is 12.8. The quantitative estimate of drug-likeness (QED) is 0.0466. The monoisotopic (exact) mass is 592 g/mol. The van der Waals surface area contributed by atoms with Crippen LogP contribution >= 0.6 is 11.8 Å². The number of benzene rings is 1. The molecule has 0 aliphatic carbocycles. The van der Waals surface area contributed by atoms with Gasteiger partial charge in [-0.25, -0.2) is 17.6 Å². The topological polar surface area (TPSA) is 130 Å². The normalized spacial score (nSPS) is 12.6. The van der Waals surface area contributed by atoms with Gasteiger partial charge in [0.15, 0.2) is 28.4 Å². The Labute approximate surface area is 237 Å². The molecule has 0 heterocycles. The van der Waals surface area contributed by atoms with E-state index in [1.807, 2.05) is 27.7 Å². The van der Waals surface area contributed by atoms with E-state index >= 15 is 0 Å². The van der Waals surface area contributed by atoms with Crippen LogP contribution in [0.25, 0.3) is 0 Å². The third kappa shape index (κ3) is 11.5. The van der Waals surface area contributed by atoms with Crippen LogP contribution in [0, 0.1) is 28.7 Å². The molecule has 1 rings (SSSR count). The van der Waals surface area contributed by atoms with Crippen LogP contribution in [-0.4, -0.2) is 82.9 Å². The molecule has 1 amide bonds. The minimum atomic E-state index is -1.66. The summed E-state index contributed by atoms with van der Waals surface area (Å²) in [7, 11) is 0. The number of carbonyl (C=O) groups excluding carboxylic acids is 2. The number of amides is 1. The Kier molecular flexibility index (Phi) is 14.2. The Morgan fingerprint density at radius 3 is 1.93 bits per heavy atom. The summed E-state index contributed by atoms with van der Waals surface area (Å²) in [5.41, 5.74) is 0.0219. The lowest BCUT2D eigenvalue weighted by molar-refractivity contribution is -0.123. The van der Waals surface area contributed by atoms with Crippen LogP contribution in [0.2, 0.25) is 0 Å². The van der Waals surface area contributed by atoms with Crippen LogP contribution < -0.4 is 16.0 Å². The zero-order valence-corrected chi connectivity index (χ0v) is 24.6. The smallest absolute Gasteiger partial charge is 0.220 e. The number of hydrogen-bond donors (Lipinski definition) is 5. The van der Waals surface area contributed by atoms with Crippen LogP contribution in [-0.2, 0) is 9.59 Å². The summed E-state index contributed by atoms with van der Waals surface area (Å²) in [5, 5.41) is 28.7. The van der Waals surface area contributed by atoms with Gasteiger partial charge in [-0.2, -0.15) is 0 Å². The summed E-state index contributed by atoms with van der Waals surface area (Å²) in [6.07, 6.45) is -0.652. The van der Waals surface area contributed by atoms with Crippen molar-refractivity contribution in [3.8, 4) is 0 Å². The number of carbonyl (C=O) groups is 2. The highest BCUT2D eigenvalue weighted by Crippen LogP contribution is 2.30. The van der Waals surface area contributed by atoms with Gasteiger partial charge in [0.25, 0.3) is 0 Å². The van der Waals surface area contributed by atoms with Crippen LogP contribution in [0.3, 0.4) is 0 Å². The maximum Gasteiger partial charge on any atom is 0.220 e. The third-order valence-electron chi connectivity index (χ3n) is 6.58. The summed E-state index contributed by atoms with van der Waals surface area (Å²) in [6.45, 7) is 14.1. The highest BCUT2D eigenvalue weighted by atomic mass is 32.2. The number of halogens is 4. The van der Waals surface area contributed by atoms with Crippen LogP contribution in [0.1, 0.15) is 54.4 Å². The van der Waals surface area contributed by atoms with Crippen molar-refractivity contribution in [1.29, 1.82) is 5.41 Å². The maximum atomic E-state index is 13.8. The molecule has 9 nitrogen and oxygen atoms in total. The number of rotatable bonds is 17. The van der Waals surface area contributed by atoms with E-state index in [-0.39, 0.29) is 37.2 Å². The van der Waals surface area contributed by atoms with Crippen molar-refractivity contribution in [2.45, 2.75) is 70.4 Å². The number of thioether (sulfide) groups is 1. The van der Waals surface area contributed by atoms with E-state index in [9.17, 15) is 27.2 Å². The van der Waals surface area contributed by atoms with Crippen molar-refractivity contribution in [3.63, 3.8) is 0 Å². The number of hydrogen-bond acceptors (Lipinski definition) is 9. The molecule has 0 aliphatic rings. The SMILES string of the molecule is CC(=N)C(C)(C)NCCN(CCNC(=O)CCC(=O)Sc1c(F)c(F)cc(F)c1F)CCNC(C)(C)/C(C)=N\O. The molecule has 0 unspecified atom stereocenters. The zero-order valence-electron chi connectivity index (χ0n) is 23.8. The molecule has 1 aromatic rings. The van der Waals surface area contributed by atoms with E-state index in [4.69, 9.17) is 10.6 Å². The van der Waals surface area contributed by atoms with Gasteiger partial charge in [-0.15, -0.1) is 0 Å². The Hall–Kier alpha value is -2.55. The lowest BCUT2D eigenvalue weighted by Crippen LogP contribution is -2.51. The summed E-state index contributed by atoms with van der Waals surface area (Å²) < 4.78 is 54.2. The molecule has 0 fully saturated rings. The van der Waals surface area contributed by atoms with E-state index in [0.29, 0.717) is 44.1 Å². The van der Waals surface area contributed by atoms with Gasteiger partial charge >= 0.3 is 0 Å². The zero-order chi connectivity index (χ0) is 30.7. The Balaban J connectivity index is 2.62. The first-order valence-corrected chi connectivity index (χ1v) is 13.6. The number of nitrogens with zero attached hydrogens (tertiary/aromatic N) is 2. The van der Waals surface area contributed by atoms with E-state index < -0.39 is 50.3 Å². The van der Waals surface area contributed by atoms with E-state index in [2.05, 4.69) is 26.0 Å². The van der Waals surface area contributed by atoms with E-state index in [1.165, 1.54) is 0 Å². The molecule has 0 saturated carbocycles. The highest BCUT2D eigenvalue weighted by molar-refractivity contribution is 8.13. The van der Waals surface area contributed by atoms with Crippen molar-refractivity contribution in [3.05, 3.63) is 29.3 Å². The number of nitrogens with one attached hydrogen (secondary N) is 4. The van der Waals surface area contributed by atoms with Gasteiger partial charge < -0.3 is 26.6 Å². The fourth-order valence-corrected chi connectivity index (χ4v) is 4.04. The molecule has 1 aromatic carbocycles. The fourth-order valence-electron chi connectivity index (χ4n) is 3.24. The summed E-state index contributed by atoms with van der Waals surface area (Å²) in [4.78, 5) is 25.3. The van der Waals surface area contributed by atoms with Gasteiger partial charge in [0.1, 0.15) is 0 Å². The van der Waals surface area contributed by atoms with Gasteiger partial charge in [-0.05, 0) is 53.3 Å². The van der Waals surface area contributed by atoms with Crippen molar-refractivity contribution in [2.75, 3.05) is 39.3 Å². The lowest BCUT2D eigenvalue weighted by Gasteiger charge is -2.30. The fraction of sp³-hybridized carbons (Fsp3) is 0.615. The molecule has 40 heavy (non-hydrogen) atoms. The van der Waals surface area contributed by atoms with Crippen LogP contribution in [0.5, 0.6) is 0 Å². The van der Waals surface area contributed by atoms with Gasteiger partial charge in [0.2, 0.25) is 5.91 Å². The number of oxime groups is 1. The Bertz CT molecular complexity index is 1060. The molecule has 0 aromatic heterocycles.